The van der Waals surface area contributed by atoms with Gasteiger partial charge in [-0.25, -0.2) is 0 Å². The second-order valence-corrected chi connectivity index (χ2v) is 16.5. The van der Waals surface area contributed by atoms with E-state index >= 15 is 0 Å². The Kier molecular flexibility index (Phi) is 45.3. The van der Waals surface area contributed by atoms with Crippen LogP contribution >= 0.6 is 0 Å². The van der Waals surface area contributed by atoms with Gasteiger partial charge in [0, 0.05) is 6.42 Å². The first kappa shape index (κ1) is 53.4. The zero-order valence-corrected chi connectivity index (χ0v) is 36.9. The summed E-state index contributed by atoms with van der Waals surface area (Å²) in [7, 11) is 0. The molecule has 55 heavy (non-hydrogen) atoms. The molecule has 0 heterocycles. The van der Waals surface area contributed by atoms with Crippen molar-refractivity contribution < 1.29 is 15.0 Å². The number of nitrogens with one attached hydrogen (secondary N) is 1. The SMILES string of the molecule is CCCCCCCCCCC/C=C\CCCCCCCC(=O)NC(CO)C(O)/C=C/CC/C=C/CC/C=C/CCCCCCCCCCCCCCCCC. The molecule has 0 saturated heterocycles. The van der Waals surface area contributed by atoms with Gasteiger partial charge in [-0.3, -0.25) is 4.79 Å². The largest absolute Gasteiger partial charge is 0.394 e. The average Bonchev–Trinajstić information content (AvgIpc) is 3.19. The van der Waals surface area contributed by atoms with Crippen LogP contribution in [0.2, 0.25) is 0 Å². The van der Waals surface area contributed by atoms with Gasteiger partial charge in [0.2, 0.25) is 5.91 Å². The van der Waals surface area contributed by atoms with Gasteiger partial charge in [-0.2, -0.15) is 0 Å². The van der Waals surface area contributed by atoms with Crippen molar-refractivity contribution in [2.45, 2.75) is 264 Å². The van der Waals surface area contributed by atoms with Crippen LogP contribution in [-0.4, -0.2) is 34.9 Å². The molecule has 0 fully saturated rings. The van der Waals surface area contributed by atoms with Gasteiger partial charge in [0.1, 0.15) is 0 Å². The first-order chi connectivity index (χ1) is 27.2. The first-order valence-corrected chi connectivity index (χ1v) is 24.4. The summed E-state index contributed by atoms with van der Waals surface area (Å²) in [5, 5.41) is 23.0. The van der Waals surface area contributed by atoms with E-state index in [9.17, 15) is 15.0 Å². The number of unbranched alkanes of at least 4 members (excludes halogenated alkanes) is 31. The van der Waals surface area contributed by atoms with Gasteiger partial charge in [0.15, 0.2) is 0 Å². The van der Waals surface area contributed by atoms with Gasteiger partial charge in [0.05, 0.1) is 18.8 Å². The van der Waals surface area contributed by atoms with Crippen molar-refractivity contribution in [3.8, 4) is 0 Å². The van der Waals surface area contributed by atoms with E-state index in [-0.39, 0.29) is 12.5 Å². The third-order valence-electron chi connectivity index (χ3n) is 11.0. The van der Waals surface area contributed by atoms with Gasteiger partial charge in [-0.05, 0) is 70.6 Å². The predicted octanol–water partition coefficient (Wildman–Crippen LogP) is 15.5. The Bertz CT molecular complexity index is 877. The highest BCUT2D eigenvalue weighted by atomic mass is 16.3. The normalized spacial score (nSPS) is 13.3. The minimum absolute atomic E-state index is 0.0854. The average molecular weight is 770 g/mol. The molecular formula is C51H95NO3. The van der Waals surface area contributed by atoms with Crippen LogP contribution in [0, 0.1) is 0 Å². The number of hydrogen-bond donors (Lipinski definition) is 3. The molecule has 2 unspecified atom stereocenters. The molecule has 0 radical (unpaired) electrons. The molecule has 2 atom stereocenters. The fourth-order valence-corrected chi connectivity index (χ4v) is 7.26. The van der Waals surface area contributed by atoms with E-state index in [2.05, 4.69) is 55.6 Å². The molecule has 3 N–H and O–H groups in total. The summed E-state index contributed by atoms with van der Waals surface area (Å²) >= 11 is 0. The molecule has 0 aliphatic heterocycles. The fraction of sp³-hybridized carbons (Fsp3) is 0.824. The Hall–Kier alpha value is -1.65. The Labute approximate surface area is 344 Å². The topological polar surface area (TPSA) is 69.6 Å². The molecule has 0 rings (SSSR count). The molecule has 0 aliphatic rings. The Balaban J connectivity index is 3.62. The summed E-state index contributed by atoms with van der Waals surface area (Å²) in [5.74, 6) is -0.0854. The van der Waals surface area contributed by atoms with Crippen LogP contribution in [0.25, 0.3) is 0 Å². The Morgan fingerprint density at radius 2 is 0.709 bits per heavy atom. The van der Waals surface area contributed by atoms with Crippen molar-refractivity contribution in [3.63, 3.8) is 0 Å². The summed E-state index contributed by atoms with van der Waals surface area (Å²) in [5.41, 5.74) is 0. The predicted molar refractivity (Wildman–Crippen MR) is 244 cm³/mol. The molecule has 4 nitrogen and oxygen atoms in total. The molecule has 4 heteroatoms. The lowest BCUT2D eigenvalue weighted by Crippen LogP contribution is -2.45. The van der Waals surface area contributed by atoms with Crippen LogP contribution < -0.4 is 5.32 Å². The van der Waals surface area contributed by atoms with Gasteiger partial charge < -0.3 is 15.5 Å². The van der Waals surface area contributed by atoms with Crippen LogP contribution in [-0.2, 0) is 4.79 Å². The third kappa shape index (κ3) is 43.3. The van der Waals surface area contributed by atoms with E-state index in [0.29, 0.717) is 6.42 Å². The van der Waals surface area contributed by atoms with Crippen LogP contribution in [0.1, 0.15) is 251 Å². The Morgan fingerprint density at radius 3 is 1.05 bits per heavy atom. The summed E-state index contributed by atoms with van der Waals surface area (Å²) in [4.78, 5) is 12.4. The minimum Gasteiger partial charge on any atom is -0.394 e. The summed E-state index contributed by atoms with van der Waals surface area (Å²) in [6.07, 6.45) is 63.8. The molecule has 0 bridgehead atoms. The van der Waals surface area contributed by atoms with Gasteiger partial charge >= 0.3 is 0 Å². The standard InChI is InChI=1S/C51H95NO3/c1-3-5-7-9-11-13-15-17-19-21-23-24-25-26-27-28-29-30-32-34-36-38-40-42-44-46-50(54)49(48-53)52-51(55)47-45-43-41-39-37-35-33-31-22-20-18-16-14-12-10-8-6-4-2/h29-31,33,36,38,44,46,49-50,53-54H,3-28,32,34-35,37,39-43,45,47-48H2,1-2H3,(H,52,55)/b30-29+,33-31-,38-36+,46-44+. The monoisotopic (exact) mass is 770 g/mol. The molecule has 0 saturated carbocycles. The minimum atomic E-state index is -0.874. The molecule has 0 aromatic carbocycles. The highest BCUT2D eigenvalue weighted by Gasteiger charge is 2.17. The fourth-order valence-electron chi connectivity index (χ4n) is 7.26. The lowest BCUT2D eigenvalue weighted by molar-refractivity contribution is -0.123. The maximum Gasteiger partial charge on any atom is 0.220 e. The van der Waals surface area contributed by atoms with Crippen LogP contribution in [0.15, 0.2) is 48.6 Å². The number of rotatable bonds is 44. The molecule has 0 aromatic heterocycles. The number of carbonyl (C=O) groups excluding carboxylic acids is 1. The van der Waals surface area contributed by atoms with Crippen molar-refractivity contribution in [1.29, 1.82) is 0 Å². The zero-order chi connectivity index (χ0) is 40.0. The van der Waals surface area contributed by atoms with E-state index in [4.69, 9.17) is 0 Å². The second-order valence-electron chi connectivity index (χ2n) is 16.5. The smallest absolute Gasteiger partial charge is 0.220 e. The maximum absolute atomic E-state index is 12.4. The van der Waals surface area contributed by atoms with E-state index < -0.39 is 12.1 Å². The van der Waals surface area contributed by atoms with Crippen molar-refractivity contribution >= 4 is 5.91 Å². The molecule has 1 amide bonds. The van der Waals surface area contributed by atoms with Gasteiger partial charge in [0.25, 0.3) is 0 Å². The third-order valence-corrected chi connectivity index (χ3v) is 11.0. The highest BCUT2D eigenvalue weighted by molar-refractivity contribution is 5.76. The van der Waals surface area contributed by atoms with Crippen LogP contribution in [0.5, 0.6) is 0 Å². The number of amides is 1. The summed E-state index contributed by atoms with van der Waals surface area (Å²) in [6, 6.07) is -0.650. The zero-order valence-electron chi connectivity index (χ0n) is 36.9. The number of aliphatic hydroxyl groups is 2. The van der Waals surface area contributed by atoms with Crippen LogP contribution in [0.3, 0.4) is 0 Å². The van der Waals surface area contributed by atoms with Crippen molar-refractivity contribution in [3.05, 3.63) is 48.6 Å². The quantitative estimate of drug-likeness (QED) is 0.0427. The Morgan fingerprint density at radius 1 is 0.418 bits per heavy atom. The van der Waals surface area contributed by atoms with Crippen molar-refractivity contribution in [1.82, 2.24) is 5.32 Å². The van der Waals surface area contributed by atoms with E-state index in [1.807, 2.05) is 6.08 Å². The number of carbonyl (C=O) groups is 1. The molecular weight excluding hydrogens is 675 g/mol. The van der Waals surface area contributed by atoms with Crippen molar-refractivity contribution in [2.75, 3.05) is 6.61 Å². The molecule has 0 aliphatic carbocycles. The number of aliphatic hydroxyl groups excluding tert-OH is 2. The lowest BCUT2D eigenvalue weighted by Gasteiger charge is -2.19. The number of hydrogen-bond acceptors (Lipinski definition) is 3. The first-order valence-electron chi connectivity index (χ1n) is 24.4. The van der Waals surface area contributed by atoms with E-state index in [0.717, 1.165) is 51.4 Å². The summed E-state index contributed by atoms with van der Waals surface area (Å²) in [6.45, 7) is 4.30. The summed E-state index contributed by atoms with van der Waals surface area (Å²) < 4.78 is 0. The van der Waals surface area contributed by atoms with E-state index in [1.54, 1.807) is 6.08 Å². The van der Waals surface area contributed by atoms with Crippen LogP contribution in [0.4, 0.5) is 0 Å². The second kappa shape index (κ2) is 46.7. The van der Waals surface area contributed by atoms with Crippen molar-refractivity contribution in [2.24, 2.45) is 0 Å². The molecule has 322 valence electrons. The highest BCUT2D eigenvalue weighted by Crippen LogP contribution is 2.15. The molecule has 0 aromatic rings. The van der Waals surface area contributed by atoms with Gasteiger partial charge in [-0.15, -0.1) is 0 Å². The van der Waals surface area contributed by atoms with E-state index in [1.165, 1.54) is 180 Å². The lowest BCUT2D eigenvalue weighted by atomic mass is 10.0. The maximum atomic E-state index is 12.4. The molecule has 0 spiro atoms. The number of allylic oxidation sites excluding steroid dienone is 7. The van der Waals surface area contributed by atoms with Gasteiger partial charge in [-0.1, -0.05) is 223 Å².